The van der Waals surface area contributed by atoms with Crippen LogP contribution in [0.1, 0.15) is 22.8 Å². The van der Waals surface area contributed by atoms with E-state index in [0.717, 1.165) is 0 Å². The average Bonchev–Trinajstić information content (AvgIpc) is 2.62. The quantitative estimate of drug-likeness (QED) is 0.474. The van der Waals surface area contributed by atoms with E-state index in [4.69, 9.17) is 0 Å². The molecule has 0 bridgehead atoms. The lowest BCUT2D eigenvalue weighted by Gasteiger charge is -2.12. The van der Waals surface area contributed by atoms with E-state index in [1.165, 1.54) is 31.3 Å². The Hall–Kier alpha value is -3.55. The lowest BCUT2D eigenvalue weighted by Crippen LogP contribution is -2.43. The summed E-state index contributed by atoms with van der Waals surface area (Å²) in [4.78, 5) is 34.1. The first-order valence-corrected chi connectivity index (χ1v) is 7.40. The fourth-order valence-corrected chi connectivity index (χ4v) is 1.92. The third-order valence-corrected chi connectivity index (χ3v) is 3.25. The molecule has 1 atom stereocenters. The summed E-state index contributed by atoms with van der Waals surface area (Å²) in [5.41, 5.74) is 3.13. The lowest BCUT2D eigenvalue weighted by molar-refractivity contribution is -0.384. The molecular weight excluding hydrogens is 324 g/mol. The third-order valence-electron chi connectivity index (χ3n) is 3.25. The summed E-state index contributed by atoms with van der Waals surface area (Å²) in [7, 11) is 0. The van der Waals surface area contributed by atoms with Gasteiger partial charge in [-0.3, -0.25) is 19.7 Å². The number of nitrogens with one attached hydrogen (secondary N) is 2. The van der Waals surface area contributed by atoms with E-state index in [2.05, 4.69) is 15.8 Å². The van der Waals surface area contributed by atoms with Gasteiger partial charge in [-0.25, -0.2) is 5.43 Å². The maximum absolute atomic E-state index is 12.0. The maximum Gasteiger partial charge on any atom is 0.270 e. The van der Waals surface area contributed by atoms with Crippen molar-refractivity contribution in [2.24, 2.45) is 5.10 Å². The van der Waals surface area contributed by atoms with Gasteiger partial charge in [0.1, 0.15) is 6.04 Å². The second-order valence-electron chi connectivity index (χ2n) is 5.15. The van der Waals surface area contributed by atoms with Crippen LogP contribution in [0.2, 0.25) is 0 Å². The van der Waals surface area contributed by atoms with Crippen molar-refractivity contribution in [3.05, 3.63) is 75.8 Å². The molecule has 0 heterocycles. The normalized spacial score (nSPS) is 11.7. The van der Waals surface area contributed by atoms with Crippen LogP contribution in [-0.4, -0.2) is 29.0 Å². The molecule has 0 spiro atoms. The van der Waals surface area contributed by atoms with Crippen LogP contribution in [0, 0.1) is 10.1 Å². The number of rotatable bonds is 6. The Kier molecular flexibility index (Phi) is 5.94. The highest BCUT2D eigenvalue weighted by Crippen LogP contribution is 2.11. The van der Waals surface area contributed by atoms with Crippen LogP contribution in [0.15, 0.2) is 59.7 Å². The minimum atomic E-state index is -0.796. The van der Waals surface area contributed by atoms with Crippen molar-refractivity contribution in [3.8, 4) is 0 Å². The molecule has 0 saturated carbocycles. The Morgan fingerprint density at radius 2 is 1.88 bits per heavy atom. The highest BCUT2D eigenvalue weighted by molar-refractivity contribution is 5.97. The van der Waals surface area contributed by atoms with Crippen LogP contribution in [0.4, 0.5) is 5.69 Å². The summed E-state index contributed by atoms with van der Waals surface area (Å²) >= 11 is 0. The van der Waals surface area contributed by atoms with Crippen LogP contribution < -0.4 is 10.7 Å². The fraction of sp³-hybridized carbons (Fsp3) is 0.118. The Bertz CT molecular complexity index is 805. The number of carbonyl (C=O) groups is 2. The molecule has 2 N–H and O–H groups in total. The summed E-state index contributed by atoms with van der Waals surface area (Å²) in [6.07, 6.45) is 1.29. The first-order valence-electron chi connectivity index (χ1n) is 7.40. The summed E-state index contributed by atoms with van der Waals surface area (Å²) < 4.78 is 0. The van der Waals surface area contributed by atoms with E-state index in [0.29, 0.717) is 11.1 Å². The van der Waals surface area contributed by atoms with Gasteiger partial charge in [-0.2, -0.15) is 5.10 Å². The van der Waals surface area contributed by atoms with E-state index in [9.17, 15) is 19.7 Å². The Morgan fingerprint density at radius 1 is 1.16 bits per heavy atom. The molecule has 2 aromatic carbocycles. The summed E-state index contributed by atoms with van der Waals surface area (Å²) in [6.45, 7) is 1.53. The van der Waals surface area contributed by atoms with Crippen LogP contribution in [0.3, 0.4) is 0 Å². The van der Waals surface area contributed by atoms with Gasteiger partial charge in [0, 0.05) is 23.3 Å². The zero-order chi connectivity index (χ0) is 18.2. The monoisotopic (exact) mass is 340 g/mol. The molecule has 0 aliphatic rings. The molecule has 0 saturated heterocycles. The second kappa shape index (κ2) is 8.34. The molecule has 2 amide bonds. The minimum Gasteiger partial charge on any atom is -0.340 e. The minimum absolute atomic E-state index is 0.0706. The van der Waals surface area contributed by atoms with Gasteiger partial charge in [0.2, 0.25) is 0 Å². The zero-order valence-corrected chi connectivity index (χ0v) is 13.4. The molecule has 0 fully saturated rings. The summed E-state index contributed by atoms with van der Waals surface area (Å²) in [5.74, 6) is -0.878. The standard InChI is InChI=1S/C17H16N4O4/c1-12(19-17(23)14-7-3-2-4-8-14)16(22)20-18-11-13-6-5-9-15(10-13)21(24)25/h2-12H,1H3,(H,19,23)(H,20,22)/b18-11-/t12-/m1/s1. The average molecular weight is 340 g/mol. The smallest absolute Gasteiger partial charge is 0.270 e. The first kappa shape index (κ1) is 17.8. The number of nitrogens with zero attached hydrogens (tertiary/aromatic N) is 2. The number of carbonyl (C=O) groups excluding carboxylic acids is 2. The van der Waals surface area contributed by atoms with Crippen molar-refractivity contribution >= 4 is 23.7 Å². The Labute approximate surface area is 143 Å². The van der Waals surface area contributed by atoms with Gasteiger partial charge >= 0.3 is 0 Å². The zero-order valence-electron chi connectivity index (χ0n) is 13.4. The Morgan fingerprint density at radius 3 is 2.56 bits per heavy atom. The number of nitro benzene ring substituents is 1. The van der Waals surface area contributed by atoms with Gasteiger partial charge in [-0.15, -0.1) is 0 Å². The van der Waals surface area contributed by atoms with Crippen molar-refractivity contribution in [2.75, 3.05) is 0 Å². The SMILES string of the molecule is C[C@@H](NC(=O)c1ccccc1)C(=O)N/N=C\c1cccc([N+](=O)[O-])c1. The summed E-state index contributed by atoms with van der Waals surface area (Å²) in [5, 5.41) is 17.0. The molecular formula is C17H16N4O4. The van der Waals surface area contributed by atoms with Gasteiger partial charge < -0.3 is 5.32 Å². The molecule has 25 heavy (non-hydrogen) atoms. The summed E-state index contributed by atoms with van der Waals surface area (Å²) in [6, 6.07) is 13.5. The number of non-ortho nitro benzene ring substituents is 1. The second-order valence-corrected chi connectivity index (χ2v) is 5.15. The van der Waals surface area contributed by atoms with Crippen molar-refractivity contribution in [3.63, 3.8) is 0 Å². The molecule has 0 radical (unpaired) electrons. The van der Waals surface area contributed by atoms with Crippen molar-refractivity contribution in [1.29, 1.82) is 0 Å². The number of hydrazone groups is 1. The number of hydrogen-bond donors (Lipinski definition) is 2. The van der Waals surface area contributed by atoms with E-state index in [1.807, 2.05) is 0 Å². The number of hydrogen-bond acceptors (Lipinski definition) is 5. The number of benzene rings is 2. The van der Waals surface area contributed by atoms with Crippen LogP contribution in [-0.2, 0) is 4.79 Å². The van der Waals surface area contributed by atoms with Gasteiger partial charge in [-0.05, 0) is 19.1 Å². The lowest BCUT2D eigenvalue weighted by atomic mass is 10.2. The molecule has 0 aliphatic carbocycles. The molecule has 128 valence electrons. The number of nitro groups is 1. The highest BCUT2D eigenvalue weighted by atomic mass is 16.6. The van der Waals surface area contributed by atoms with Crippen molar-refractivity contribution in [2.45, 2.75) is 13.0 Å². The van der Waals surface area contributed by atoms with E-state index in [1.54, 1.807) is 36.4 Å². The van der Waals surface area contributed by atoms with E-state index < -0.39 is 16.9 Å². The highest BCUT2D eigenvalue weighted by Gasteiger charge is 2.15. The first-order chi connectivity index (χ1) is 12.0. The van der Waals surface area contributed by atoms with Crippen LogP contribution in [0.5, 0.6) is 0 Å². The predicted molar refractivity (Wildman–Crippen MR) is 92.2 cm³/mol. The number of amides is 2. The van der Waals surface area contributed by atoms with Gasteiger partial charge in [0.15, 0.2) is 0 Å². The molecule has 0 aliphatic heterocycles. The predicted octanol–water partition coefficient (Wildman–Crippen LogP) is 1.86. The van der Waals surface area contributed by atoms with Crippen molar-refractivity contribution < 1.29 is 14.5 Å². The van der Waals surface area contributed by atoms with Crippen molar-refractivity contribution in [1.82, 2.24) is 10.7 Å². The fourth-order valence-electron chi connectivity index (χ4n) is 1.92. The largest absolute Gasteiger partial charge is 0.340 e. The molecule has 8 nitrogen and oxygen atoms in total. The Balaban J connectivity index is 1.90. The maximum atomic E-state index is 12.0. The van der Waals surface area contributed by atoms with Crippen LogP contribution >= 0.6 is 0 Å². The molecule has 0 aromatic heterocycles. The van der Waals surface area contributed by atoms with Gasteiger partial charge in [0.25, 0.3) is 17.5 Å². The van der Waals surface area contributed by atoms with E-state index in [-0.39, 0.29) is 11.6 Å². The van der Waals surface area contributed by atoms with Crippen LogP contribution in [0.25, 0.3) is 0 Å². The molecule has 2 aromatic rings. The van der Waals surface area contributed by atoms with Gasteiger partial charge in [-0.1, -0.05) is 30.3 Å². The molecule has 0 unspecified atom stereocenters. The topological polar surface area (TPSA) is 114 Å². The van der Waals surface area contributed by atoms with Gasteiger partial charge in [0.05, 0.1) is 11.1 Å². The van der Waals surface area contributed by atoms with E-state index >= 15 is 0 Å². The molecule has 8 heteroatoms. The molecule has 2 rings (SSSR count). The third kappa shape index (κ3) is 5.24.